The maximum atomic E-state index is 13.6. The Bertz CT molecular complexity index is 918. The molecular formula is C22H27N3O3. The first-order valence-electron chi connectivity index (χ1n) is 10.3. The molecule has 148 valence electrons. The van der Waals surface area contributed by atoms with Crippen LogP contribution in [0.25, 0.3) is 0 Å². The molecule has 1 aromatic carbocycles. The lowest BCUT2D eigenvalue weighted by molar-refractivity contribution is -0.150. The van der Waals surface area contributed by atoms with Crippen LogP contribution in [-0.2, 0) is 26.3 Å². The van der Waals surface area contributed by atoms with Gasteiger partial charge in [0.1, 0.15) is 5.54 Å². The maximum Gasteiger partial charge on any atom is 0.250 e. The molecule has 0 aromatic heterocycles. The number of imide groups is 1. The third-order valence-electron chi connectivity index (χ3n) is 7.14. The van der Waals surface area contributed by atoms with E-state index < -0.39 is 22.9 Å². The Morgan fingerprint density at radius 2 is 1.93 bits per heavy atom. The van der Waals surface area contributed by atoms with Crippen molar-refractivity contribution >= 4 is 23.4 Å². The normalized spacial score (nSPS) is 34.2. The van der Waals surface area contributed by atoms with Crippen molar-refractivity contribution in [3.05, 3.63) is 29.3 Å². The fourth-order valence-corrected chi connectivity index (χ4v) is 6.13. The second kappa shape index (κ2) is 5.44. The van der Waals surface area contributed by atoms with Gasteiger partial charge >= 0.3 is 0 Å². The Hall–Kier alpha value is -2.21. The molecule has 3 saturated heterocycles. The number of likely N-dealkylation sites (tertiary alicyclic amines) is 1. The minimum atomic E-state index is -1.06. The van der Waals surface area contributed by atoms with Crippen LogP contribution in [0.1, 0.15) is 51.7 Å². The SMILES string of the molecule is CCc1ccc2c(c1)C1(C(=O)N2)C2C(=O)N(C(C)(C)C)C(=O)C2C2CCCN21. The number of nitrogens with one attached hydrogen (secondary N) is 1. The van der Waals surface area contributed by atoms with Crippen LogP contribution in [0.4, 0.5) is 5.69 Å². The number of hydrogen-bond donors (Lipinski definition) is 1. The van der Waals surface area contributed by atoms with Crippen molar-refractivity contribution in [3.8, 4) is 0 Å². The van der Waals surface area contributed by atoms with Gasteiger partial charge in [-0.3, -0.25) is 24.2 Å². The maximum absolute atomic E-state index is 13.6. The van der Waals surface area contributed by atoms with Crippen molar-refractivity contribution in [1.82, 2.24) is 9.80 Å². The summed E-state index contributed by atoms with van der Waals surface area (Å²) in [6, 6.07) is 6.00. The number of fused-ring (bicyclic) bond motifs is 7. The van der Waals surface area contributed by atoms with Gasteiger partial charge in [-0.05, 0) is 58.2 Å². The van der Waals surface area contributed by atoms with Crippen molar-refractivity contribution in [2.75, 3.05) is 11.9 Å². The molecule has 0 bridgehead atoms. The van der Waals surface area contributed by atoms with E-state index in [2.05, 4.69) is 23.2 Å². The summed E-state index contributed by atoms with van der Waals surface area (Å²) in [5, 5.41) is 3.03. The van der Waals surface area contributed by atoms with Crippen molar-refractivity contribution in [1.29, 1.82) is 0 Å². The van der Waals surface area contributed by atoms with Gasteiger partial charge in [-0.15, -0.1) is 0 Å². The van der Waals surface area contributed by atoms with Gasteiger partial charge in [0, 0.05) is 22.8 Å². The summed E-state index contributed by atoms with van der Waals surface area (Å²) in [4.78, 5) is 44.2. The molecule has 4 atom stereocenters. The zero-order valence-corrected chi connectivity index (χ0v) is 16.9. The summed E-state index contributed by atoms with van der Waals surface area (Å²) in [6.45, 7) is 8.50. The lowest BCUT2D eigenvalue weighted by Gasteiger charge is -2.39. The molecule has 4 heterocycles. The van der Waals surface area contributed by atoms with Gasteiger partial charge in [0.25, 0.3) is 0 Å². The molecule has 0 radical (unpaired) electrons. The smallest absolute Gasteiger partial charge is 0.250 e. The van der Waals surface area contributed by atoms with E-state index in [4.69, 9.17) is 0 Å². The Labute approximate surface area is 165 Å². The number of carbonyl (C=O) groups excluding carboxylic acids is 3. The van der Waals surface area contributed by atoms with Crippen LogP contribution in [0.3, 0.4) is 0 Å². The number of carbonyl (C=O) groups is 3. The number of rotatable bonds is 1. The van der Waals surface area contributed by atoms with E-state index in [1.54, 1.807) is 0 Å². The van der Waals surface area contributed by atoms with E-state index in [1.165, 1.54) is 4.90 Å². The fraction of sp³-hybridized carbons (Fsp3) is 0.591. The summed E-state index contributed by atoms with van der Waals surface area (Å²) in [6.07, 6.45) is 2.66. The van der Waals surface area contributed by atoms with E-state index in [-0.39, 0.29) is 23.8 Å². The Kier molecular flexibility index (Phi) is 3.47. The fourth-order valence-electron chi connectivity index (χ4n) is 6.13. The number of amides is 3. The van der Waals surface area contributed by atoms with Gasteiger partial charge in [-0.1, -0.05) is 19.1 Å². The van der Waals surface area contributed by atoms with Gasteiger partial charge in [0.05, 0.1) is 11.8 Å². The minimum absolute atomic E-state index is 0.0456. The van der Waals surface area contributed by atoms with E-state index >= 15 is 0 Å². The Morgan fingerprint density at radius 3 is 2.61 bits per heavy atom. The summed E-state index contributed by atoms with van der Waals surface area (Å²) in [5.41, 5.74) is 1.15. The van der Waals surface area contributed by atoms with Crippen LogP contribution in [0, 0.1) is 11.8 Å². The van der Waals surface area contributed by atoms with Crippen molar-refractivity contribution in [3.63, 3.8) is 0 Å². The average molecular weight is 381 g/mol. The lowest BCUT2D eigenvalue weighted by atomic mass is 9.75. The van der Waals surface area contributed by atoms with Crippen LogP contribution >= 0.6 is 0 Å². The van der Waals surface area contributed by atoms with Crippen LogP contribution in [0.5, 0.6) is 0 Å². The zero-order valence-electron chi connectivity index (χ0n) is 16.9. The van der Waals surface area contributed by atoms with Crippen molar-refractivity contribution in [2.24, 2.45) is 11.8 Å². The van der Waals surface area contributed by atoms with E-state index in [0.29, 0.717) is 0 Å². The Morgan fingerprint density at radius 1 is 1.18 bits per heavy atom. The number of benzene rings is 1. The molecule has 0 saturated carbocycles. The lowest BCUT2D eigenvalue weighted by Crippen LogP contribution is -2.56. The third-order valence-corrected chi connectivity index (χ3v) is 7.14. The topological polar surface area (TPSA) is 69.7 Å². The second-order valence-electron chi connectivity index (χ2n) is 9.54. The van der Waals surface area contributed by atoms with Crippen LogP contribution in [0.15, 0.2) is 18.2 Å². The molecular weight excluding hydrogens is 354 g/mol. The van der Waals surface area contributed by atoms with Crippen molar-refractivity contribution < 1.29 is 14.4 Å². The molecule has 3 amide bonds. The van der Waals surface area contributed by atoms with Crippen molar-refractivity contribution in [2.45, 2.75) is 64.1 Å². The predicted molar refractivity (Wildman–Crippen MR) is 104 cm³/mol. The van der Waals surface area contributed by atoms with Gasteiger partial charge in [-0.25, -0.2) is 0 Å². The summed E-state index contributed by atoms with van der Waals surface area (Å²) >= 11 is 0. The quantitative estimate of drug-likeness (QED) is 0.758. The highest BCUT2D eigenvalue weighted by atomic mass is 16.2. The molecule has 5 rings (SSSR count). The Balaban J connectivity index is 1.76. The summed E-state index contributed by atoms with van der Waals surface area (Å²) in [7, 11) is 0. The van der Waals surface area contributed by atoms with Gasteiger partial charge in [0.2, 0.25) is 17.7 Å². The molecule has 4 unspecified atom stereocenters. The first-order chi connectivity index (χ1) is 13.2. The van der Waals surface area contributed by atoms with Crippen LogP contribution < -0.4 is 5.32 Å². The van der Waals surface area contributed by atoms with Crippen LogP contribution in [-0.4, -0.2) is 45.6 Å². The second-order valence-corrected chi connectivity index (χ2v) is 9.54. The first kappa shape index (κ1) is 17.9. The number of anilines is 1. The highest BCUT2D eigenvalue weighted by molar-refractivity contribution is 6.15. The largest absolute Gasteiger partial charge is 0.324 e. The molecule has 3 fully saturated rings. The molecule has 0 aliphatic carbocycles. The molecule has 1 spiro atoms. The molecule has 1 aromatic rings. The molecule has 6 heteroatoms. The van der Waals surface area contributed by atoms with Gasteiger partial charge in [-0.2, -0.15) is 0 Å². The standard InChI is InChI=1S/C22H27N3O3/c1-5-12-8-9-14-13(11-12)22(20(28)23-14)17-16(15-7-6-10-24(15)22)18(26)25(19(17)27)21(2,3)4/h8-9,11,15-17H,5-7,10H2,1-4H3,(H,23,28). The summed E-state index contributed by atoms with van der Waals surface area (Å²) < 4.78 is 0. The van der Waals surface area contributed by atoms with Gasteiger partial charge in [0.15, 0.2) is 0 Å². The first-order valence-corrected chi connectivity index (χ1v) is 10.3. The van der Waals surface area contributed by atoms with Crippen LogP contribution in [0.2, 0.25) is 0 Å². The van der Waals surface area contributed by atoms with Gasteiger partial charge < -0.3 is 5.32 Å². The number of nitrogens with zero attached hydrogens (tertiary/aromatic N) is 2. The predicted octanol–water partition coefficient (Wildman–Crippen LogP) is 2.27. The number of aryl methyl sites for hydroxylation is 1. The molecule has 4 aliphatic heterocycles. The third kappa shape index (κ3) is 1.89. The average Bonchev–Trinajstić information content (AvgIpc) is 3.31. The molecule has 1 N–H and O–H groups in total. The highest BCUT2D eigenvalue weighted by Crippen LogP contribution is 2.61. The monoisotopic (exact) mass is 381 g/mol. The minimum Gasteiger partial charge on any atom is -0.324 e. The number of hydrogen-bond acceptors (Lipinski definition) is 4. The molecule has 28 heavy (non-hydrogen) atoms. The zero-order chi connectivity index (χ0) is 20.0. The summed E-state index contributed by atoms with van der Waals surface area (Å²) in [5.74, 6) is -1.52. The van der Waals surface area contributed by atoms with E-state index in [9.17, 15) is 14.4 Å². The molecule has 6 nitrogen and oxygen atoms in total. The molecule has 4 aliphatic rings. The highest BCUT2D eigenvalue weighted by Gasteiger charge is 2.75. The van der Waals surface area contributed by atoms with E-state index in [0.717, 1.165) is 42.6 Å². The van der Waals surface area contributed by atoms with E-state index in [1.807, 2.05) is 32.9 Å².